The van der Waals surface area contributed by atoms with Gasteiger partial charge in [-0.1, -0.05) is 5.16 Å². The number of hydrogen-bond acceptors (Lipinski definition) is 3. The van der Waals surface area contributed by atoms with Gasteiger partial charge >= 0.3 is 6.03 Å². The van der Waals surface area contributed by atoms with Crippen LogP contribution >= 0.6 is 0 Å². The van der Waals surface area contributed by atoms with Gasteiger partial charge in [-0.2, -0.15) is 0 Å². The molecule has 1 aliphatic heterocycles. The van der Waals surface area contributed by atoms with Gasteiger partial charge in [0.1, 0.15) is 0 Å². The summed E-state index contributed by atoms with van der Waals surface area (Å²) in [6.07, 6.45) is 3.67. The standard InChI is InChI=1S/C8H11N3O2/c12-8(11-5-1-2-6-11)10-7-3-4-9-13-7/h3-4H,1-2,5-6H2,(H,10,12). The Bertz CT molecular complexity index is 278. The number of urea groups is 1. The summed E-state index contributed by atoms with van der Waals surface area (Å²) in [5.41, 5.74) is 0. The Labute approximate surface area is 75.7 Å². The van der Waals surface area contributed by atoms with Crippen LogP contribution in [0.2, 0.25) is 0 Å². The molecule has 0 unspecified atom stereocenters. The van der Waals surface area contributed by atoms with Crippen LogP contribution in [0.15, 0.2) is 16.8 Å². The summed E-state index contributed by atoms with van der Waals surface area (Å²) < 4.78 is 4.76. The molecular weight excluding hydrogens is 170 g/mol. The highest BCUT2D eigenvalue weighted by Crippen LogP contribution is 2.10. The number of anilines is 1. The fourth-order valence-electron chi connectivity index (χ4n) is 1.38. The summed E-state index contributed by atoms with van der Waals surface area (Å²) in [5.74, 6) is 0.400. The first-order valence-electron chi connectivity index (χ1n) is 4.33. The van der Waals surface area contributed by atoms with E-state index in [1.165, 1.54) is 6.20 Å². The molecule has 1 aliphatic rings. The molecule has 0 saturated carbocycles. The van der Waals surface area contributed by atoms with Gasteiger partial charge < -0.3 is 9.42 Å². The maximum absolute atomic E-state index is 11.4. The lowest BCUT2D eigenvalue weighted by atomic mass is 10.4. The van der Waals surface area contributed by atoms with Gasteiger partial charge in [0.25, 0.3) is 0 Å². The molecule has 0 spiro atoms. The van der Waals surface area contributed by atoms with Crippen molar-refractivity contribution in [1.29, 1.82) is 0 Å². The first kappa shape index (κ1) is 8.10. The fraction of sp³-hybridized carbons (Fsp3) is 0.500. The molecule has 0 atom stereocenters. The van der Waals surface area contributed by atoms with Crippen LogP contribution in [0.3, 0.4) is 0 Å². The summed E-state index contributed by atoms with van der Waals surface area (Å²) in [6, 6.07) is 1.52. The van der Waals surface area contributed by atoms with Gasteiger partial charge in [0.05, 0.1) is 6.20 Å². The van der Waals surface area contributed by atoms with E-state index in [4.69, 9.17) is 4.52 Å². The van der Waals surface area contributed by atoms with Gasteiger partial charge in [-0.15, -0.1) is 0 Å². The predicted octanol–water partition coefficient (Wildman–Crippen LogP) is 1.30. The number of likely N-dealkylation sites (tertiary alicyclic amines) is 1. The van der Waals surface area contributed by atoms with Gasteiger partial charge in [-0.05, 0) is 12.8 Å². The first-order chi connectivity index (χ1) is 6.36. The number of amides is 2. The third-order valence-electron chi connectivity index (χ3n) is 2.06. The highest BCUT2D eigenvalue weighted by atomic mass is 16.5. The van der Waals surface area contributed by atoms with Crippen molar-refractivity contribution in [3.8, 4) is 0 Å². The molecule has 70 valence electrons. The number of nitrogens with one attached hydrogen (secondary N) is 1. The molecule has 0 aromatic carbocycles. The van der Waals surface area contributed by atoms with Crippen molar-refractivity contribution in [3.05, 3.63) is 12.3 Å². The fourth-order valence-corrected chi connectivity index (χ4v) is 1.38. The van der Waals surface area contributed by atoms with Crippen molar-refractivity contribution in [1.82, 2.24) is 10.1 Å². The zero-order valence-electron chi connectivity index (χ0n) is 7.19. The van der Waals surface area contributed by atoms with Crippen molar-refractivity contribution in [2.24, 2.45) is 0 Å². The van der Waals surface area contributed by atoms with E-state index in [2.05, 4.69) is 10.5 Å². The summed E-state index contributed by atoms with van der Waals surface area (Å²) >= 11 is 0. The lowest BCUT2D eigenvalue weighted by molar-refractivity contribution is 0.221. The Morgan fingerprint density at radius 3 is 2.92 bits per heavy atom. The minimum Gasteiger partial charge on any atom is -0.338 e. The number of aromatic nitrogens is 1. The van der Waals surface area contributed by atoms with E-state index in [0.29, 0.717) is 5.88 Å². The smallest absolute Gasteiger partial charge is 0.324 e. The highest BCUT2D eigenvalue weighted by Gasteiger charge is 2.18. The van der Waals surface area contributed by atoms with Crippen LogP contribution in [-0.2, 0) is 0 Å². The Morgan fingerprint density at radius 1 is 1.54 bits per heavy atom. The average Bonchev–Trinajstić information content (AvgIpc) is 2.74. The Hall–Kier alpha value is -1.52. The molecule has 5 nitrogen and oxygen atoms in total. The van der Waals surface area contributed by atoms with Crippen molar-refractivity contribution >= 4 is 11.9 Å². The quantitative estimate of drug-likeness (QED) is 0.710. The highest BCUT2D eigenvalue weighted by molar-refractivity contribution is 5.87. The average molecular weight is 181 g/mol. The minimum atomic E-state index is -0.103. The van der Waals surface area contributed by atoms with E-state index >= 15 is 0 Å². The SMILES string of the molecule is O=C(Nc1ccno1)N1CCCC1. The molecule has 1 aromatic heterocycles. The van der Waals surface area contributed by atoms with Crippen LogP contribution in [-0.4, -0.2) is 29.2 Å². The van der Waals surface area contributed by atoms with E-state index in [9.17, 15) is 4.79 Å². The molecule has 2 amide bonds. The molecule has 2 rings (SSSR count). The summed E-state index contributed by atoms with van der Waals surface area (Å²) in [7, 11) is 0. The molecule has 0 radical (unpaired) electrons. The second-order valence-corrected chi connectivity index (χ2v) is 3.00. The van der Waals surface area contributed by atoms with Crippen molar-refractivity contribution < 1.29 is 9.32 Å². The Kier molecular flexibility index (Phi) is 2.16. The summed E-state index contributed by atoms with van der Waals surface area (Å²) in [5, 5.41) is 6.12. The van der Waals surface area contributed by atoms with Crippen molar-refractivity contribution in [2.45, 2.75) is 12.8 Å². The largest absolute Gasteiger partial charge is 0.338 e. The summed E-state index contributed by atoms with van der Waals surface area (Å²) in [4.78, 5) is 13.2. The molecule has 2 heterocycles. The lowest BCUT2D eigenvalue weighted by Gasteiger charge is -2.13. The number of hydrogen-bond donors (Lipinski definition) is 1. The number of nitrogens with zero attached hydrogens (tertiary/aromatic N) is 2. The van der Waals surface area contributed by atoms with Crippen LogP contribution in [0, 0.1) is 0 Å². The van der Waals surface area contributed by atoms with Crippen LogP contribution in [0.5, 0.6) is 0 Å². The van der Waals surface area contributed by atoms with Gasteiger partial charge in [-0.25, -0.2) is 4.79 Å². The zero-order valence-corrected chi connectivity index (χ0v) is 7.19. The molecule has 1 N–H and O–H groups in total. The Balaban J connectivity index is 1.91. The molecule has 0 bridgehead atoms. The topological polar surface area (TPSA) is 58.4 Å². The zero-order chi connectivity index (χ0) is 9.10. The monoisotopic (exact) mass is 181 g/mol. The second-order valence-electron chi connectivity index (χ2n) is 3.00. The predicted molar refractivity (Wildman–Crippen MR) is 46.3 cm³/mol. The third-order valence-corrected chi connectivity index (χ3v) is 2.06. The molecule has 1 fully saturated rings. The first-order valence-corrected chi connectivity index (χ1v) is 4.33. The van der Waals surface area contributed by atoms with E-state index in [-0.39, 0.29) is 6.03 Å². The minimum absolute atomic E-state index is 0.103. The van der Waals surface area contributed by atoms with Gasteiger partial charge in [-0.3, -0.25) is 5.32 Å². The molecule has 0 aliphatic carbocycles. The summed E-state index contributed by atoms with van der Waals surface area (Å²) in [6.45, 7) is 1.67. The van der Waals surface area contributed by atoms with Crippen molar-refractivity contribution in [3.63, 3.8) is 0 Å². The van der Waals surface area contributed by atoms with Gasteiger partial charge in [0.15, 0.2) is 0 Å². The van der Waals surface area contributed by atoms with E-state index in [1.54, 1.807) is 11.0 Å². The maximum atomic E-state index is 11.4. The van der Waals surface area contributed by atoms with Crippen LogP contribution < -0.4 is 5.32 Å². The Morgan fingerprint density at radius 2 is 2.31 bits per heavy atom. The molecular formula is C8H11N3O2. The number of carbonyl (C=O) groups is 1. The van der Waals surface area contributed by atoms with Gasteiger partial charge in [0.2, 0.25) is 5.88 Å². The number of rotatable bonds is 1. The normalized spacial score (nSPS) is 16.2. The van der Waals surface area contributed by atoms with E-state index in [1.807, 2.05) is 0 Å². The van der Waals surface area contributed by atoms with E-state index in [0.717, 1.165) is 25.9 Å². The molecule has 13 heavy (non-hydrogen) atoms. The van der Waals surface area contributed by atoms with E-state index < -0.39 is 0 Å². The molecule has 1 aromatic rings. The van der Waals surface area contributed by atoms with Crippen LogP contribution in [0.25, 0.3) is 0 Å². The third kappa shape index (κ3) is 1.80. The second kappa shape index (κ2) is 3.47. The lowest BCUT2D eigenvalue weighted by Crippen LogP contribution is -2.31. The number of carbonyl (C=O) groups excluding carboxylic acids is 1. The van der Waals surface area contributed by atoms with Gasteiger partial charge in [0, 0.05) is 19.2 Å². The van der Waals surface area contributed by atoms with Crippen molar-refractivity contribution in [2.75, 3.05) is 18.4 Å². The maximum Gasteiger partial charge on any atom is 0.324 e. The van der Waals surface area contributed by atoms with Crippen LogP contribution in [0.4, 0.5) is 10.7 Å². The molecule has 5 heteroatoms. The molecule has 1 saturated heterocycles. The van der Waals surface area contributed by atoms with Crippen LogP contribution in [0.1, 0.15) is 12.8 Å².